The summed E-state index contributed by atoms with van der Waals surface area (Å²) in [5, 5.41) is 3.39. The minimum absolute atomic E-state index is 0.129. The molecule has 5 heteroatoms. The average Bonchev–Trinajstić information content (AvgIpc) is 2.44. The van der Waals surface area contributed by atoms with Gasteiger partial charge in [-0.3, -0.25) is 4.98 Å². The van der Waals surface area contributed by atoms with E-state index in [1.807, 2.05) is 6.92 Å². The first-order chi connectivity index (χ1) is 9.63. The molecule has 0 aliphatic carbocycles. The van der Waals surface area contributed by atoms with E-state index in [0.717, 1.165) is 12.1 Å². The van der Waals surface area contributed by atoms with Crippen LogP contribution in [0.25, 0.3) is 0 Å². The third-order valence-electron chi connectivity index (χ3n) is 3.17. The van der Waals surface area contributed by atoms with Crippen LogP contribution in [0, 0.1) is 5.82 Å². The third-order valence-corrected chi connectivity index (χ3v) is 3.46. The second-order valence-corrected chi connectivity index (χ2v) is 4.94. The van der Waals surface area contributed by atoms with Gasteiger partial charge in [-0.15, -0.1) is 0 Å². The standard InChI is InChI=1S/C15H17ClFN3/c1-2-20-14(8-10-9-19-7-6-13(10)18)11-4-3-5-12(16)15(11)17/h3-7,9,14,20H,2,8H2,1H3,(H2,18,19). The number of likely N-dealkylation sites (N-methyl/N-ethyl adjacent to an activating group) is 1. The summed E-state index contributed by atoms with van der Waals surface area (Å²) in [6, 6.07) is 6.58. The number of anilines is 1. The van der Waals surface area contributed by atoms with Gasteiger partial charge < -0.3 is 11.1 Å². The fourth-order valence-electron chi connectivity index (χ4n) is 2.16. The lowest BCUT2D eigenvalue weighted by molar-refractivity contribution is 0.510. The molecule has 1 atom stereocenters. The molecule has 1 unspecified atom stereocenters. The summed E-state index contributed by atoms with van der Waals surface area (Å²) in [5.41, 5.74) is 8.01. The summed E-state index contributed by atoms with van der Waals surface area (Å²) < 4.78 is 14.2. The Bertz CT molecular complexity index is 589. The number of halogens is 2. The lowest BCUT2D eigenvalue weighted by Gasteiger charge is -2.20. The second-order valence-electron chi connectivity index (χ2n) is 4.53. The monoisotopic (exact) mass is 293 g/mol. The van der Waals surface area contributed by atoms with Crippen molar-refractivity contribution in [2.45, 2.75) is 19.4 Å². The van der Waals surface area contributed by atoms with E-state index in [0.29, 0.717) is 17.7 Å². The molecular weight excluding hydrogens is 277 g/mol. The van der Waals surface area contributed by atoms with Crippen LogP contribution in [0.5, 0.6) is 0 Å². The number of aromatic nitrogens is 1. The summed E-state index contributed by atoms with van der Waals surface area (Å²) in [5.74, 6) is -0.387. The summed E-state index contributed by atoms with van der Waals surface area (Å²) in [7, 11) is 0. The minimum atomic E-state index is -0.387. The van der Waals surface area contributed by atoms with Gasteiger partial charge in [0.1, 0.15) is 5.82 Å². The smallest absolute Gasteiger partial charge is 0.146 e. The van der Waals surface area contributed by atoms with Crippen molar-refractivity contribution in [2.24, 2.45) is 0 Å². The Balaban J connectivity index is 2.32. The molecular formula is C15H17ClFN3. The van der Waals surface area contributed by atoms with Crippen molar-refractivity contribution < 1.29 is 4.39 Å². The van der Waals surface area contributed by atoms with Gasteiger partial charge in [0, 0.05) is 29.7 Å². The van der Waals surface area contributed by atoms with Crippen LogP contribution in [-0.2, 0) is 6.42 Å². The van der Waals surface area contributed by atoms with Gasteiger partial charge >= 0.3 is 0 Å². The van der Waals surface area contributed by atoms with Crippen molar-refractivity contribution >= 4 is 17.3 Å². The number of benzene rings is 1. The lowest BCUT2D eigenvalue weighted by Crippen LogP contribution is -2.24. The van der Waals surface area contributed by atoms with Crippen LogP contribution < -0.4 is 11.1 Å². The Hall–Kier alpha value is -1.65. The minimum Gasteiger partial charge on any atom is -0.398 e. The van der Waals surface area contributed by atoms with Crippen LogP contribution in [0.15, 0.2) is 36.7 Å². The SMILES string of the molecule is CCNC(Cc1cnccc1N)c1cccc(Cl)c1F. The molecule has 0 bridgehead atoms. The van der Waals surface area contributed by atoms with Gasteiger partial charge in [0.2, 0.25) is 0 Å². The van der Waals surface area contributed by atoms with E-state index in [2.05, 4.69) is 10.3 Å². The zero-order valence-electron chi connectivity index (χ0n) is 11.2. The van der Waals surface area contributed by atoms with Crippen LogP contribution in [-0.4, -0.2) is 11.5 Å². The highest BCUT2D eigenvalue weighted by atomic mass is 35.5. The molecule has 20 heavy (non-hydrogen) atoms. The molecule has 0 aliphatic rings. The fraction of sp³-hybridized carbons (Fsp3) is 0.267. The molecule has 0 saturated heterocycles. The van der Waals surface area contributed by atoms with Crippen molar-refractivity contribution in [1.29, 1.82) is 0 Å². The molecule has 0 saturated carbocycles. The molecule has 0 fully saturated rings. The van der Waals surface area contributed by atoms with E-state index in [1.54, 1.807) is 36.7 Å². The van der Waals surface area contributed by atoms with E-state index in [1.165, 1.54) is 0 Å². The van der Waals surface area contributed by atoms with Gasteiger partial charge in [0.05, 0.1) is 5.02 Å². The highest BCUT2D eigenvalue weighted by Gasteiger charge is 2.18. The van der Waals surface area contributed by atoms with Gasteiger partial charge in [0.25, 0.3) is 0 Å². The molecule has 1 aromatic carbocycles. The summed E-state index contributed by atoms with van der Waals surface area (Å²) in [6.07, 6.45) is 3.91. The maximum Gasteiger partial charge on any atom is 0.146 e. The topological polar surface area (TPSA) is 50.9 Å². The Kier molecular flexibility index (Phi) is 4.93. The molecule has 1 heterocycles. The zero-order valence-corrected chi connectivity index (χ0v) is 12.0. The number of nitrogen functional groups attached to an aromatic ring is 1. The van der Waals surface area contributed by atoms with E-state index < -0.39 is 0 Å². The molecule has 2 rings (SSSR count). The van der Waals surface area contributed by atoms with Crippen molar-refractivity contribution in [1.82, 2.24) is 10.3 Å². The summed E-state index contributed by atoms with van der Waals surface area (Å²) in [6.45, 7) is 2.69. The molecule has 1 aromatic heterocycles. The van der Waals surface area contributed by atoms with Crippen LogP contribution in [0.4, 0.5) is 10.1 Å². The Morgan fingerprint density at radius 3 is 2.90 bits per heavy atom. The van der Waals surface area contributed by atoms with Crippen molar-refractivity contribution in [2.75, 3.05) is 12.3 Å². The fourth-order valence-corrected chi connectivity index (χ4v) is 2.34. The van der Waals surface area contributed by atoms with E-state index in [9.17, 15) is 4.39 Å². The largest absolute Gasteiger partial charge is 0.398 e. The zero-order chi connectivity index (χ0) is 14.5. The van der Waals surface area contributed by atoms with Gasteiger partial charge in [0.15, 0.2) is 0 Å². The molecule has 106 valence electrons. The van der Waals surface area contributed by atoms with Gasteiger partial charge in [-0.2, -0.15) is 0 Å². The van der Waals surface area contributed by atoms with Crippen molar-refractivity contribution in [3.63, 3.8) is 0 Å². The summed E-state index contributed by atoms with van der Waals surface area (Å²) in [4.78, 5) is 4.06. The van der Waals surface area contributed by atoms with Crippen LogP contribution >= 0.6 is 11.6 Å². The first-order valence-corrected chi connectivity index (χ1v) is 6.87. The summed E-state index contributed by atoms with van der Waals surface area (Å²) >= 11 is 5.85. The van der Waals surface area contributed by atoms with Crippen molar-refractivity contribution in [3.05, 3.63) is 58.6 Å². The second kappa shape index (κ2) is 6.68. The maximum atomic E-state index is 14.2. The molecule has 0 radical (unpaired) electrons. The lowest BCUT2D eigenvalue weighted by atomic mass is 9.98. The Labute approximate surface area is 123 Å². The average molecular weight is 294 g/mol. The highest BCUT2D eigenvalue weighted by Crippen LogP contribution is 2.27. The predicted octanol–water partition coefficient (Wildman–Crippen LogP) is 3.35. The number of hydrogen-bond donors (Lipinski definition) is 2. The number of rotatable bonds is 5. The number of nitrogens with two attached hydrogens (primary N) is 1. The Morgan fingerprint density at radius 1 is 1.40 bits per heavy atom. The van der Waals surface area contributed by atoms with Gasteiger partial charge in [-0.05, 0) is 30.7 Å². The quantitative estimate of drug-likeness (QED) is 0.889. The molecule has 0 spiro atoms. The number of pyridine rings is 1. The van der Waals surface area contributed by atoms with Gasteiger partial charge in [-0.25, -0.2) is 4.39 Å². The number of nitrogens with zero attached hydrogens (tertiary/aromatic N) is 1. The molecule has 3 nitrogen and oxygen atoms in total. The highest BCUT2D eigenvalue weighted by molar-refractivity contribution is 6.30. The molecule has 3 N–H and O–H groups in total. The van der Waals surface area contributed by atoms with E-state index in [-0.39, 0.29) is 16.9 Å². The van der Waals surface area contributed by atoms with Crippen LogP contribution in [0.1, 0.15) is 24.1 Å². The first-order valence-electron chi connectivity index (χ1n) is 6.49. The number of hydrogen-bond acceptors (Lipinski definition) is 3. The molecule has 2 aromatic rings. The maximum absolute atomic E-state index is 14.2. The third kappa shape index (κ3) is 3.26. The Morgan fingerprint density at radius 2 is 2.20 bits per heavy atom. The first kappa shape index (κ1) is 14.8. The predicted molar refractivity (Wildman–Crippen MR) is 80.2 cm³/mol. The number of nitrogens with one attached hydrogen (secondary N) is 1. The van der Waals surface area contributed by atoms with Crippen LogP contribution in [0.2, 0.25) is 5.02 Å². The molecule has 0 amide bonds. The van der Waals surface area contributed by atoms with Crippen molar-refractivity contribution in [3.8, 4) is 0 Å². The van der Waals surface area contributed by atoms with Crippen LogP contribution in [0.3, 0.4) is 0 Å². The van der Waals surface area contributed by atoms with Gasteiger partial charge in [-0.1, -0.05) is 30.7 Å². The van der Waals surface area contributed by atoms with E-state index in [4.69, 9.17) is 17.3 Å². The molecule has 0 aliphatic heterocycles. The normalized spacial score (nSPS) is 12.3. The van der Waals surface area contributed by atoms with E-state index >= 15 is 0 Å².